The van der Waals surface area contributed by atoms with E-state index in [0.29, 0.717) is 6.61 Å². The van der Waals surface area contributed by atoms with Crippen LogP contribution in [0.5, 0.6) is 0 Å². The van der Waals surface area contributed by atoms with E-state index in [2.05, 4.69) is 21.2 Å². The molecular weight excluding hydrogens is 300 g/mol. The summed E-state index contributed by atoms with van der Waals surface area (Å²) in [5, 5.41) is 2.43. The number of hydrogen-bond donors (Lipinski definition) is 2. The Morgan fingerprint density at radius 1 is 1.39 bits per heavy atom. The van der Waals surface area contributed by atoms with Gasteiger partial charge in [-0.15, -0.1) is 0 Å². The summed E-state index contributed by atoms with van der Waals surface area (Å²) in [4.78, 5) is 21.9. The Morgan fingerprint density at radius 2 is 2.00 bits per heavy atom. The van der Waals surface area contributed by atoms with Crippen molar-refractivity contribution in [1.29, 1.82) is 0 Å². The molecule has 0 aromatic heterocycles. The molecule has 0 heterocycles. The third-order valence-corrected chi connectivity index (χ3v) is 2.72. The molecule has 0 radical (unpaired) electrons. The van der Waals surface area contributed by atoms with Crippen molar-refractivity contribution >= 4 is 27.7 Å². The minimum atomic E-state index is -0.794. The fourth-order valence-corrected chi connectivity index (χ4v) is 1.58. The molecule has 3 N–H and O–H groups in total. The van der Waals surface area contributed by atoms with Gasteiger partial charge in [-0.05, 0) is 17.7 Å². The van der Waals surface area contributed by atoms with Gasteiger partial charge in [-0.2, -0.15) is 0 Å². The number of primary amides is 1. The maximum atomic E-state index is 11.0. The maximum Gasteiger partial charge on any atom is 0.242 e. The second-order valence-corrected chi connectivity index (χ2v) is 4.71. The Kier molecular flexibility index (Phi) is 5.80. The molecule has 18 heavy (non-hydrogen) atoms. The molecule has 1 aromatic rings. The van der Waals surface area contributed by atoms with Gasteiger partial charge in [0.05, 0.1) is 13.2 Å². The first kappa shape index (κ1) is 14.7. The number of amides is 2. The normalized spacial score (nSPS) is 11.9. The molecule has 5 nitrogen and oxygen atoms in total. The average Bonchev–Trinajstić information content (AvgIpc) is 2.29. The summed E-state index contributed by atoms with van der Waals surface area (Å²) >= 11 is 3.33. The van der Waals surface area contributed by atoms with Crippen LogP contribution in [0.25, 0.3) is 0 Å². The summed E-state index contributed by atoms with van der Waals surface area (Å²) in [5.74, 6) is -0.924. The lowest BCUT2D eigenvalue weighted by Crippen LogP contribution is -2.46. The van der Waals surface area contributed by atoms with Crippen LogP contribution in [0.15, 0.2) is 28.7 Å². The lowest BCUT2D eigenvalue weighted by molar-refractivity contribution is -0.127. The number of benzene rings is 1. The van der Waals surface area contributed by atoms with Gasteiger partial charge in [-0.1, -0.05) is 28.1 Å². The molecule has 2 amide bonds. The molecule has 0 spiro atoms. The summed E-state index contributed by atoms with van der Waals surface area (Å²) < 4.78 is 6.34. The number of carbonyl (C=O) groups is 2. The van der Waals surface area contributed by atoms with Crippen molar-refractivity contribution < 1.29 is 14.3 Å². The number of nitrogens with one attached hydrogen (secondary N) is 1. The van der Waals surface area contributed by atoms with Crippen LogP contribution >= 0.6 is 15.9 Å². The van der Waals surface area contributed by atoms with Crippen LogP contribution in [-0.4, -0.2) is 24.5 Å². The van der Waals surface area contributed by atoms with Crippen LogP contribution in [0, 0.1) is 0 Å². The molecule has 0 aliphatic rings. The molecule has 0 bridgehead atoms. The molecule has 1 aromatic carbocycles. The molecule has 0 aliphatic heterocycles. The van der Waals surface area contributed by atoms with Gasteiger partial charge in [0, 0.05) is 11.4 Å². The van der Waals surface area contributed by atoms with Gasteiger partial charge in [0.15, 0.2) is 0 Å². The lowest BCUT2D eigenvalue weighted by atomic mass is 10.2. The van der Waals surface area contributed by atoms with Crippen LogP contribution < -0.4 is 11.1 Å². The smallest absolute Gasteiger partial charge is 0.242 e. The van der Waals surface area contributed by atoms with Gasteiger partial charge in [-0.25, -0.2) is 0 Å². The molecule has 1 atom stereocenters. The Labute approximate surface area is 114 Å². The van der Waals surface area contributed by atoms with Crippen molar-refractivity contribution in [3.63, 3.8) is 0 Å². The second-order valence-electron chi connectivity index (χ2n) is 3.80. The van der Waals surface area contributed by atoms with Crippen molar-refractivity contribution in [3.05, 3.63) is 34.3 Å². The zero-order valence-corrected chi connectivity index (χ0v) is 11.6. The van der Waals surface area contributed by atoms with Crippen LogP contribution in [0.3, 0.4) is 0 Å². The predicted molar refractivity (Wildman–Crippen MR) is 70.6 cm³/mol. The topological polar surface area (TPSA) is 81.4 Å². The van der Waals surface area contributed by atoms with E-state index in [0.717, 1.165) is 10.0 Å². The number of ether oxygens (including phenoxy) is 1. The van der Waals surface area contributed by atoms with Crippen molar-refractivity contribution in [2.24, 2.45) is 5.73 Å². The fraction of sp³-hybridized carbons (Fsp3) is 0.333. The van der Waals surface area contributed by atoms with E-state index in [-0.39, 0.29) is 12.5 Å². The Bertz CT molecular complexity index is 420. The quantitative estimate of drug-likeness (QED) is 0.820. The zero-order chi connectivity index (χ0) is 13.5. The highest BCUT2D eigenvalue weighted by Crippen LogP contribution is 2.11. The maximum absolute atomic E-state index is 11.0. The largest absolute Gasteiger partial charge is 0.374 e. The number of rotatable bonds is 6. The van der Waals surface area contributed by atoms with E-state index >= 15 is 0 Å². The summed E-state index contributed by atoms with van der Waals surface area (Å²) in [5.41, 5.74) is 6.12. The van der Waals surface area contributed by atoms with Gasteiger partial charge >= 0.3 is 0 Å². The second kappa shape index (κ2) is 7.13. The van der Waals surface area contributed by atoms with E-state index in [1.165, 1.54) is 6.92 Å². The Hall–Kier alpha value is -1.40. The van der Waals surface area contributed by atoms with E-state index in [1.54, 1.807) is 0 Å². The summed E-state index contributed by atoms with van der Waals surface area (Å²) in [6, 6.07) is 6.82. The third kappa shape index (κ3) is 5.29. The van der Waals surface area contributed by atoms with Crippen LogP contribution in [0.2, 0.25) is 0 Å². The minimum Gasteiger partial charge on any atom is -0.374 e. The molecule has 1 unspecified atom stereocenters. The molecule has 0 saturated heterocycles. The molecule has 98 valence electrons. The van der Waals surface area contributed by atoms with Crippen molar-refractivity contribution in [2.75, 3.05) is 6.61 Å². The van der Waals surface area contributed by atoms with Gasteiger partial charge in [0.2, 0.25) is 11.8 Å². The predicted octanol–water partition coefficient (Wildman–Crippen LogP) is 0.956. The minimum absolute atomic E-state index is 0.0605. The van der Waals surface area contributed by atoms with Crippen LogP contribution in [0.1, 0.15) is 12.5 Å². The van der Waals surface area contributed by atoms with Gasteiger partial charge in [-0.3, -0.25) is 9.59 Å². The third-order valence-electron chi connectivity index (χ3n) is 2.19. The number of halogens is 1. The molecule has 0 aliphatic carbocycles. The van der Waals surface area contributed by atoms with Gasteiger partial charge in [0.1, 0.15) is 6.04 Å². The number of carbonyl (C=O) groups excluding carboxylic acids is 2. The number of hydrogen-bond acceptors (Lipinski definition) is 3. The standard InChI is InChI=1S/C12H15BrN2O3/c1-8(16)15-11(12(14)17)7-18-6-9-2-4-10(13)5-3-9/h2-5,11H,6-7H2,1H3,(H2,14,17)(H,15,16). The van der Waals surface area contributed by atoms with Gasteiger partial charge in [0.25, 0.3) is 0 Å². The van der Waals surface area contributed by atoms with Crippen molar-refractivity contribution in [3.8, 4) is 0 Å². The molecule has 1 rings (SSSR count). The monoisotopic (exact) mass is 314 g/mol. The highest BCUT2D eigenvalue weighted by Gasteiger charge is 2.16. The van der Waals surface area contributed by atoms with E-state index in [4.69, 9.17) is 10.5 Å². The summed E-state index contributed by atoms with van der Waals surface area (Å²) in [6.07, 6.45) is 0. The molecular formula is C12H15BrN2O3. The highest BCUT2D eigenvalue weighted by atomic mass is 79.9. The molecule has 6 heteroatoms. The first-order valence-electron chi connectivity index (χ1n) is 5.37. The first-order chi connectivity index (χ1) is 8.49. The van der Waals surface area contributed by atoms with E-state index < -0.39 is 11.9 Å². The first-order valence-corrected chi connectivity index (χ1v) is 6.17. The van der Waals surface area contributed by atoms with Crippen molar-refractivity contribution in [2.45, 2.75) is 19.6 Å². The van der Waals surface area contributed by atoms with E-state index in [9.17, 15) is 9.59 Å². The lowest BCUT2D eigenvalue weighted by Gasteiger charge is -2.14. The Balaban J connectivity index is 2.41. The fourth-order valence-electron chi connectivity index (χ4n) is 1.32. The van der Waals surface area contributed by atoms with Crippen LogP contribution in [0.4, 0.5) is 0 Å². The highest BCUT2D eigenvalue weighted by molar-refractivity contribution is 9.10. The average molecular weight is 315 g/mol. The van der Waals surface area contributed by atoms with E-state index in [1.807, 2.05) is 24.3 Å². The summed E-state index contributed by atoms with van der Waals surface area (Å²) in [6.45, 7) is 1.74. The Morgan fingerprint density at radius 3 is 2.50 bits per heavy atom. The van der Waals surface area contributed by atoms with Crippen LogP contribution in [-0.2, 0) is 20.9 Å². The van der Waals surface area contributed by atoms with Gasteiger partial charge < -0.3 is 15.8 Å². The zero-order valence-electron chi connectivity index (χ0n) is 9.98. The van der Waals surface area contributed by atoms with Crippen molar-refractivity contribution in [1.82, 2.24) is 5.32 Å². The summed E-state index contributed by atoms with van der Waals surface area (Å²) in [7, 11) is 0. The SMILES string of the molecule is CC(=O)NC(COCc1ccc(Br)cc1)C(N)=O. The molecule has 0 fully saturated rings. The number of nitrogens with two attached hydrogens (primary N) is 1. The molecule has 0 saturated carbocycles.